The van der Waals surface area contributed by atoms with Crippen molar-refractivity contribution in [3.63, 3.8) is 0 Å². The van der Waals surface area contributed by atoms with Crippen molar-refractivity contribution in [1.82, 2.24) is 0 Å². The molecule has 84 valence electrons. The summed E-state index contributed by atoms with van der Waals surface area (Å²) in [5.41, 5.74) is 0.670. The molecule has 16 heavy (non-hydrogen) atoms. The summed E-state index contributed by atoms with van der Waals surface area (Å²) < 4.78 is 9.82. The van der Waals surface area contributed by atoms with Crippen LogP contribution in [0.1, 0.15) is 15.9 Å². The van der Waals surface area contributed by atoms with Crippen LogP contribution in [0.15, 0.2) is 12.1 Å². The maximum Gasteiger partial charge on any atom is 0.341 e. The van der Waals surface area contributed by atoms with Crippen LogP contribution in [0.3, 0.4) is 0 Å². The molecule has 0 saturated carbocycles. The molecule has 0 radical (unpaired) electrons. The number of ether oxygens (including phenoxy) is 2. The van der Waals surface area contributed by atoms with Gasteiger partial charge in [-0.05, 0) is 0 Å². The summed E-state index contributed by atoms with van der Waals surface area (Å²) in [6, 6.07) is 2.60. The number of nitro groups is 1. The number of fused-ring (bicyclic) bond motifs is 1. The Morgan fingerprint density at radius 2 is 2.31 bits per heavy atom. The number of benzene rings is 1. The first-order chi connectivity index (χ1) is 7.63. The molecule has 0 N–H and O–H groups in total. The van der Waals surface area contributed by atoms with E-state index in [1.165, 1.54) is 19.2 Å². The first-order valence-electron chi connectivity index (χ1n) is 4.66. The fourth-order valence-corrected chi connectivity index (χ4v) is 1.66. The third-order valence-electron chi connectivity index (χ3n) is 2.38. The minimum absolute atomic E-state index is 0.115. The molecule has 0 spiro atoms. The summed E-state index contributed by atoms with van der Waals surface area (Å²) in [6.07, 6.45) is 0.570. The lowest BCUT2D eigenvalue weighted by Gasteiger charge is -2.05. The van der Waals surface area contributed by atoms with Gasteiger partial charge in [0.05, 0.1) is 18.6 Å². The van der Waals surface area contributed by atoms with E-state index in [-0.39, 0.29) is 11.3 Å². The highest BCUT2D eigenvalue weighted by Gasteiger charge is 2.25. The molecular weight excluding hydrogens is 214 g/mol. The van der Waals surface area contributed by atoms with Gasteiger partial charge in [0.1, 0.15) is 11.3 Å². The van der Waals surface area contributed by atoms with Gasteiger partial charge >= 0.3 is 5.97 Å². The fourth-order valence-electron chi connectivity index (χ4n) is 1.66. The molecule has 2 rings (SSSR count). The number of rotatable bonds is 2. The van der Waals surface area contributed by atoms with Crippen molar-refractivity contribution < 1.29 is 19.2 Å². The van der Waals surface area contributed by atoms with E-state index in [1.807, 2.05) is 0 Å². The molecular formula is C10H9NO5. The maximum absolute atomic E-state index is 11.4. The Balaban J connectivity index is 2.58. The lowest BCUT2D eigenvalue weighted by atomic mass is 10.1. The zero-order chi connectivity index (χ0) is 11.7. The molecule has 0 aromatic heterocycles. The van der Waals surface area contributed by atoms with Crippen molar-refractivity contribution in [3.8, 4) is 5.75 Å². The van der Waals surface area contributed by atoms with Gasteiger partial charge in [0, 0.05) is 24.1 Å². The van der Waals surface area contributed by atoms with Crippen LogP contribution in [0, 0.1) is 10.1 Å². The molecule has 6 nitrogen and oxygen atoms in total. The van der Waals surface area contributed by atoms with Gasteiger partial charge in [-0.15, -0.1) is 0 Å². The highest BCUT2D eigenvalue weighted by molar-refractivity contribution is 5.94. The van der Waals surface area contributed by atoms with E-state index in [0.29, 0.717) is 24.3 Å². The molecule has 0 saturated heterocycles. The van der Waals surface area contributed by atoms with E-state index < -0.39 is 10.9 Å². The first kappa shape index (κ1) is 10.4. The van der Waals surface area contributed by atoms with Crippen LogP contribution < -0.4 is 4.74 Å². The molecule has 1 aliphatic heterocycles. The van der Waals surface area contributed by atoms with Crippen LogP contribution in [0.25, 0.3) is 0 Å². The molecule has 0 amide bonds. The molecule has 6 heteroatoms. The average Bonchev–Trinajstić information content (AvgIpc) is 2.74. The molecule has 1 aromatic carbocycles. The zero-order valence-corrected chi connectivity index (χ0v) is 8.56. The highest BCUT2D eigenvalue weighted by atomic mass is 16.6. The van der Waals surface area contributed by atoms with Crippen molar-refractivity contribution in [2.45, 2.75) is 6.42 Å². The molecule has 0 atom stereocenters. The van der Waals surface area contributed by atoms with E-state index in [4.69, 9.17) is 4.74 Å². The summed E-state index contributed by atoms with van der Waals surface area (Å²) in [7, 11) is 1.22. The van der Waals surface area contributed by atoms with E-state index in [0.717, 1.165) is 0 Å². The molecule has 1 heterocycles. The van der Waals surface area contributed by atoms with Crippen LogP contribution in [0.2, 0.25) is 0 Å². The maximum atomic E-state index is 11.4. The topological polar surface area (TPSA) is 78.7 Å². The third kappa shape index (κ3) is 1.58. The smallest absolute Gasteiger partial charge is 0.341 e. The Hall–Kier alpha value is -2.11. The SMILES string of the molecule is COC(=O)c1cc([N+](=O)[O-])cc2c1OCC2. The van der Waals surface area contributed by atoms with Crippen LogP contribution >= 0.6 is 0 Å². The van der Waals surface area contributed by atoms with Gasteiger partial charge in [-0.3, -0.25) is 10.1 Å². The molecule has 1 aromatic rings. The van der Waals surface area contributed by atoms with Gasteiger partial charge in [0.15, 0.2) is 0 Å². The van der Waals surface area contributed by atoms with Gasteiger partial charge in [-0.1, -0.05) is 0 Å². The minimum Gasteiger partial charge on any atom is -0.492 e. The highest BCUT2D eigenvalue weighted by Crippen LogP contribution is 2.33. The Kier molecular flexibility index (Phi) is 2.47. The molecule has 0 fully saturated rings. The Labute approximate surface area is 90.9 Å². The van der Waals surface area contributed by atoms with E-state index in [9.17, 15) is 14.9 Å². The largest absolute Gasteiger partial charge is 0.492 e. The monoisotopic (exact) mass is 223 g/mol. The first-order valence-corrected chi connectivity index (χ1v) is 4.66. The number of nitro benzene ring substituents is 1. The normalized spacial score (nSPS) is 12.8. The van der Waals surface area contributed by atoms with E-state index in [1.54, 1.807) is 0 Å². The van der Waals surface area contributed by atoms with Crippen molar-refractivity contribution in [2.75, 3.05) is 13.7 Å². The average molecular weight is 223 g/mol. The second kappa shape index (κ2) is 3.80. The van der Waals surface area contributed by atoms with Crippen LogP contribution in [0.5, 0.6) is 5.75 Å². The van der Waals surface area contributed by atoms with Gasteiger partial charge in [0.2, 0.25) is 0 Å². The molecule has 0 aliphatic carbocycles. The number of methoxy groups -OCH3 is 1. The van der Waals surface area contributed by atoms with Gasteiger partial charge in [0.25, 0.3) is 5.69 Å². The Morgan fingerprint density at radius 1 is 1.56 bits per heavy atom. The van der Waals surface area contributed by atoms with Crippen LogP contribution in [-0.4, -0.2) is 24.6 Å². The number of nitrogens with zero attached hydrogens (tertiary/aromatic N) is 1. The van der Waals surface area contributed by atoms with Crippen molar-refractivity contribution in [3.05, 3.63) is 33.4 Å². The standard InChI is InChI=1S/C10H9NO5/c1-15-10(12)8-5-7(11(13)14)4-6-2-3-16-9(6)8/h4-5H,2-3H2,1H3. The minimum atomic E-state index is -0.623. The van der Waals surface area contributed by atoms with Crippen LogP contribution in [-0.2, 0) is 11.2 Å². The summed E-state index contributed by atoms with van der Waals surface area (Å²) in [6.45, 7) is 0.431. The predicted molar refractivity (Wildman–Crippen MR) is 53.6 cm³/mol. The number of hydrogen-bond acceptors (Lipinski definition) is 5. The summed E-state index contributed by atoms with van der Waals surface area (Å²) in [5.74, 6) is -0.223. The fraction of sp³-hybridized carbons (Fsp3) is 0.300. The van der Waals surface area contributed by atoms with Gasteiger partial charge < -0.3 is 9.47 Å². The number of non-ortho nitro benzene ring substituents is 1. The van der Waals surface area contributed by atoms with Crippen molar-refractivity contribution in [2.24, 2.45) is 0 Å². The number of hydrogen-bond donors (Lipinski definition) is 0. The predicted octanol–water partition coefficient (Wildman–Crippen LogP) is 1.32. The summed E-state index contributed by atoms with van der Waals surface area (Å²) in [5, 5.41) is 10.7. The number of carbonyl (C=O) groups is 1. The van der Waals surface area contributed by atoms with Crippen molar-refractivity contribution >= 4 is 11.7 Å². The van der Waals surface area contributed by atoms with Gasteiger partial charge in [-0.25, -0.2) is 4.79 Å². The van der Waals surface area contributed by atoms with E-state index in [2.05, 4.69) is 4.74 Å². The quantitative estimate of drug-likeness (QED) is 0.429. The molecule has 1 aliphatic rings. The van der Waals surface area contributed by atoms with Crippen LogP contribution in [0.4, 0.5) is 5.69 Å². The second-order valence-corrected chi connectivity index (χ2v) is 3.33. The molecule has 0 bridgehead atoms. The Bertz CT molecular complexity index is 469. The number of carbonyl (C=O) groups excluding carboxylic acids is 1. The lowest BCUT2D eigenvalue weighted by Crippen LogP contribution is -2.04. The summed E-state index contributed by atoms with van der Waals surface area (Å²) in [4.78, 5) is 21.6. The zero-order valence-electron chi connectivity index (χ0n) is 8.56. The van der Waals surface area contributed by atoms with Crippen molar-refractivity contribution in [1.29, 1.82) is 0 Å². The summed E-state index contributed by atoms with van der Waals surface area (Å²) >= 11 is 0. The molecule has 0 unspecified atom stereocenters. The van der Waals surface area contributed by atoms with Gasteiger partial charge in [-0.2, -0.15) is 0 Å². The lowest BCUT2D eigenvalue weighted by molar-refractivity contribution is -0.384. The number of esters is 1. The van der Waals surface area contributed by atoms with E-state index >= 15 is 0 Å². The Morgan fingerprint density at radius 3 is 2.94 bits per heavy atom. The third-order valence-corrected chi connectivity index (χ3v) is 2.38. The second-order valence-electron chi connectivity index (χ2n) is 3.33.